The van der Waals surface area contributed by atoms with Gasteiger partial charge in [-0.3, -0.25) is 0 Å². The zero-order valence-electron chi connectivity index (χ0n) is 10.7. The Morgan fingerprint density at radius 2 is 1.73 bits per heavy atom. The van der Waals surface area contributed by atoms with Crippen LogP contribution in [0, 0.1) is 5.92 Å². The van der Waals surface area contributed by atoms with Crippen LogP contribution in [0.3, 0.4) is 0 Å². The molecule has 90 valence electrons. The maximum absolute atomic E-state index is 5.78. The standard InChI is InChI=1S/C14H27Cl/c1-4-8-13(9-5-2)14(10-6-3)11-7-12-15/h10,13H,4-9,11-12H2,1-3H3/b14-10+. The topological polar surface area (TPSA) is 0 Å². The summed E-state index contributed by atoms with van der Waals surface area (Å²) in [5, 5.41) is 0. The number of hydrogen-bond donors (Lipinski definition) is 0. The maximum atomic E-state index is 5.78. The van der Waals surface area contributed by atoms with Crippen molar-refractivity contribution in [2.24, 2.45) is 5.92 Å². The quantitative estimate of drug-likeness (QED) is 0.360. The fourth-order valence-electron chi connectivity index (χ4n) is 2.22. The van der Waals surface area contributed by atoms with Crippen molar-refractivity contribution in [1.29, 1.82) is 0 Å². The van der Waals surface area contributed by atoms with Crippen molar-refractivity contribution in [1.82, 2.24) is 0 Å². The molecule has 0 atom stereocenters. The third kappa shape index (κ3) is 7.00. The predicted octanol–water partition coefficient (Wildman–Crippen LogP) is 5.56. The van der Waals surface area contributed by atoms with E-state index in [1.165, 1.54) is 38.5 Å². The molecular weight excluding hydrogens is 204 g/mol. The summed E-state index contributed by atoms with van der Waals surface area (Å²) in [5.74, 6) is 1.62. The van der Waals surface area contributed by atoms with Crippen molar-refractivity contribution in [3.8, 4) is 0 Å². The van der Waals surface area contributed by atoms with Gasteiger partial charge in [0.15, 0.2) is 0 Å². The molecule has 0 aliphatic rings. The highest BCUT2D eigenvalue weighted by molar-refractivity contribution is 6.17. The van der Waals surface area contributed by atoms with Gasteiger partial charge < -0.3 is 0 Å². The molecule has 15 heavy (non-hydrogen) atoms. The van der Waals surface area contributed by atoms with Crippen LogP contribution in [0.2, 0.25) is 0 Å². The molecule has 0 amide bonds. The molecule has 0 aromatic heterocycles. The zero-order chi connectivity index (χ0) is 11.5. The smallest absolute Gasteiger partial charge is 0.0226 e. The highest BCUT2D eigenvalue weighted by Gasteiger charge is 2.11. The first-order chi connectivity index (χ1) is 7.29. The molecule has 0 N–H and O–H groups in total. The molecule has 0 heterocycles. The maximum Gasteiger partial charge on any atom is 0.0226 e. The highest BCUT2D eigenvalue weighted by atomic mass is 35.5. The first-order valence-corrected chi connectivity index (χ1v) is 7.08. The summed E-state index contributed by atoms with van der Waals surface area (Å²) in [7, 11) is 0. The van der Waals surface area contributed by atoms with Crippen LogP contribution >= 0.6 is 11.6 Å². The lowest BCUT2D eigenvalue weighted by molar-refractivity contribution is 0.486. The molecule has 0 nitrogen and oxygen atoms in total. The first kappa shape index (κ1) is 15.0. The fourth-order valence-corrected chi connectivity index (χ4v) is 2.35. The van der Waals surface area contributed by atoms with Crippen LogP contribution in [0.25, 0.3) is 0 Å². The Morgan fingerprint density at radius 3 is 2.13 bits per heavy atom. The molecule has 0 bridgehead atoms. The van der Waals surface area contributed by atoms with Crippen molar-refractivity contribution in [3.63, 3.8) is 0 Å². The van der Waals surface area contributed by atoms with Crippen LogP contribution in [-0.4, -0.2) is 5.88 Å². The van der Waals surface area contributed by atoms with E-state index in [0.29, 0.717) is 0 Å². The van der Waals surface area contributed by atoms with Gasteiger partial charge in [0.25, 0.3) is 0 Å². The fraction of sp³-hybridized carbons (Fsp3) is 0.857. The summed E-state index contributed by atoms with van der Waals surface area (Å²) < 4.78 is 0. The lowest BCUT2D eigenvalue weighted by Gasteiger charge is -2.19. The van der Waals surface area contributed by atoms with Gasteiger partial charge in [0.05, 0.1) is 0 Å². The van der Waals surface area contributed by atoms with Crippen LogP contribution in [0.5, 0.6) is 0 Å². The lowest BCUT2D eigenvalue weighted by Crippen LogP contribution is -2.04. The molecule has 0 aromatic rings. The molecule has 0 aliphatic carbocycles. The highest BCUT2D eigenvalue weighted by Crippen LogP contribution is 2.26. The molecule has 0 aliphatic heterocycles. The van der Waals surface area contributed by atoms with E-state index in [-0.39, 0.29) is 0 Å². The van der Waals surface area contributed by atoms with Gasteiger partial charge in [-0.05, 0) is 38.0 Å². The summed E-state index contributed by atoms with van der Waals surface area (Å²) in [6.07, 6.45) is 11.2. The second-order valence-corrected chi connectivity index (χ2v) is 4.63. The number of hydrogen-bond acceptors (Lipinski definition) is 0. The minimum atomic E-state index is 0.798. The second-order valence-electron chi connectivity index (χ2n) is 4.25. The van der Waals surface area contributed by atoms with Crippen molar-refractivity contribution in [3.05, 3.63) is 11.6 Å². The predicted molar refractivity (Wildman–Crippen MR) is 71.6 cm³/mol. The molecule has 0 unspecified atom stereocenters. The summed E-state index contributed by atoms with van der Waals surface area (Å²) in [4.78, 5) is 0. The summed E-state index contributed by atoms with van der Waals surface area (Å²) in [5.41, 5.74) is 1.67. The van der Waals surface area contributed by atoms with Gasteiger partial charge in [-0.15, -0.1) is 11.6 Å². The van der Waals surface area contributed by atoms with Crippen LogP contribution in [0.1, 0.15) is 65.7 Å². The van der Waals surface area contributed by atoms with Crippen molar-refractivity contribution < 1.29 is 0 Å². The monoisotopic (exact) mass is 230 g/mol. The number of halogens is 1. The molecule has 0 fully saturated rings. The van der Waals surface area contributed by atoms with E-state index in [9.17, 15) is 0 Å². The molecular formula is C14H27Cl. The van der Waals surface area contributed by atoms with Crippen LogP contribution in [0.15, 0.2) is 11.6 Å². The Morgan fingerprint density at radius 1 is 1.13 bits per heavy atom. The van der Waals surface area contributed by atoms with Gasteiger partial charge in [0.2, 0.25) is 0 Å². The van der Waals surface area contributed by atoms with Crippen LogP contribution < -0.4 is 0 Å². The summed E-state index contributed by atoms with van der Waals surface area (Å²) in [6.45, 7) is 6.80. The first-order valence-electron chi connectivity index (χ1n) is 6.54. The number of allylic oxidation sites excluding steroid dienone is 2. The molecule has 0 rings (SSSR count). The average Bonchev–Trinajstić information content (AvgIpc) is 2.24. The largest absolute Gasteiger partial charge is 0.127 e. The lowest BCUT2D eigenvalue weighted by atomic mass is 9.87. The van der Waals surface area contributed by atoms with E-state index < -0.39 is 0 Å². The molecule has 0 radical (unpaired) electrons. The Bertz CT molecular complexity index is 155. The van der Waals surface area contributed by atoms with E-state index >= 15 is 0 Å². The molecule has 0 saturated carbocycles. The Kier molecular flexibility index (Phi) is 10.6. The van der Waals surface area contributed by atoms with Gasteiger partial charge in [-0.2, -0.15) is 0 Å². The second kappa shape index (κ2) is 10.5. The minimum absolute atomic E-state index is 0.798. The van der Waals surface area contributed by atoms with Crippen molar-refractivity contribution in [2.45, 2.75) is 65.7 Å². The molecule has 0 spiro atoms. The van der Waals surface area contributed by atoms with Gasteiger partial charge in [0, 0.05) is 5.88 Å². The van der Waals surface area contributed by atoms with Crippen LogP contribution in [-0.2, 0) is 0 Å². The van der Waals surface area contributed by atoms with E-state index in [0.717, 1.165) is 18.2 Å². The van der Waals surface area contributed by atoms with Gasteiger partial charge in [-0.1, -0.05) is 45.3 Å². The normalized spacial score (nSPS) is 12.5. The van der Waals surface area contributed by atoms with E-state index in [1.807, 2.05) is 0 Å². The number of rotatable bonds is 9. The summed E-state index contributed by atoms with van der Waals surface area (Å²) >= 11 is 5.78. The third-order valence-corrected chi connectivity index (χ3v) is 3.13. The van der Waals surface area contributed by atoms with Gasteiger partial charge in [0.1, 0.15) is 0 Å². The summed E-state index contributed by atoms with van der Waals surface area (Å²) in [6, 6.07) is 0. The Balaban J connectivity index is 4.30. The zero-order valence-corrected chi connectivity index (χ0v) is 11.4. The molecule has 1 heteroatoms. The molecule has 0 aromatic carbocycles. The molecule has 0 saturated heterocycles. The minimum Gasteiger partial charge on any atom is -0.127 e. The van der Waals surface area contributed by atoms with Gasteiger partial charge >= 0.3 is 0 Å². The average molecular weight is 231 g/mol. The third-order valence-electron chi connectivity index (χ3n) is 2.86. The Hall–Kier alpha value is 0.0300. The van der Waals surface area contributed by atoms with Crippen molar-refractivity contribution in [2.75, 3.05) is 5.88 Å². The van der Waals surface area contributed by atoms with Crippen molar-refractivity contribution >= 4 is 11.6 Å². The SMILES string of the molecule is CC/C=C(\CCCCl)C(CCC)CCC. The van der Waals surface area contributed by atoms with Gasteiger partial charge in [-0.25, -0.2) is 0 Å². The number of alkyl halides is 1. The van der Waals surface area contributed by atoms with E-state index in [4.69, 9.17) is 11.6 Å². The van der Waals surface area contributed by atoms with Crippen LogP contribution in [0.4, 0.5) is 0 Å². The Labute approximate surface area is 101 Å². The van der Waals surface area contributed by atoms with E-state index in [1.54, 1.807) is 5.57 Å². The van der Waals surface area contributed by atoms with E-state index in [2.05, 4.69) is 26.8 Å².